The van der Waals surface area contributed by atoms with E-state index in [1.165, 1.54) is 35.7 Å². The van der Waals surface area contributed by atoms with Crippen LogP contribution in [0.1, 0.15) is 34.6 Å². The Morgan fingerprint density at radius 1 is 1.02 bits per heavy atom. The second-order valence-corrected chi connectivity index (χ2v) is 10.4. The van der Waals surface area contributed by atoms with Gasteiger partial charge in [-0.3, -0.25) is 14.5 Å². The molecule has 9 nitrogen and oxygen atoms in total. The van der Waals surface area contributed by atoms with Crippen molar-refractivity contribution in [2.24, 2.45) is 0 Å². The standard InChI is InChI=1S/C32H26N2O7S/c1-3-39-21-12-13-22-26(17-21)42-32(33-22)34-28(27(30(36)31(34)37)29(35)24-10-7-15-40-24)20-11-14-23(25(16-20)38-2)41-18-19-8-5-4-6-9-19/h4-17,28,36H,3,18H2,1-2H3. The molecule has 1 aliphatic heterocycles. The molecule has 0 saturated carbocycles. The maximum atomic E-state index is 13.6. The van der Waals surface area contributed by atoms with Crippen molar-refractivity contribution < 1.29 is 33.3 Å². The molecule has 3 aromatic carbocycles. The molecule has 1 N–H and O–H groups in total. The topological polar surface area (TPSA) is 111 Å². The quantitative estimate of drug-likeness (QED) is 0.182. The maximum Gasteiger partial charge on any atom is 0.296 e. The van der Waals surface area contributed by atoms with Crippen LogP contribution < -0.4 is 19.1 Å². The Hall–Kier alpha value is -5.09. The fourth-order valence-corrected chi connectivity index (χ4v) is 5.87. The predicted molar refractivity (Wildman–Crippen MR) is 157 cm³/mol. The van der Waals surface area contributed by atoms with Gasteiger partial charge < -0.3 is 23.7 Å². The van der Waals surface area contributed by atoms with E-state index in [4.69, 9.17) is 18.6 Å². The zero-order valence-electron chi connectivity index (χ0n) is 22.8. The fourth-order valence-electron chi connectivity index (χ4n) is 4.85. The molecule has 5 aromatic rings. The number of carbonyl (C=O) groups excluding carboxylic acids is 2. The number of ketones is 1. The summed E-state index contributed by atoms with van der Waals surface area (Å²) in [7, 11) is 1.51. The van der Waals surface area contributed by atoms with E-state index < -0.39 is 23.5 Å². The molecule has 3 heterocycles. The van der Waals surface area contributed by atoms with Crippen LogP contribution in [0.4, 0.5) is 5.13 Å². The van der Waals surface area contributed by atoms with Gasteiger partial charge in [-0.05, 0) is 60.5 Å². The second-order valence-electron chi connectivity index (χ2n) is 9.39. The molecule has 212 valence electrons. The van der Waals surface area contributed by atoms with E-state index >= 15 is 0 Å². The highest BCUT2D eigenvalue weighted by Gasteiger charge is 2.46. The van der Waals surface area contributed by atoms with Gasteiger partial charge in [0.25, 0.3) is 5.91 Å². The highest BCUT2D eigenvalue weighted by atomic mass is 32.1. The Morgan fingerprint density at radius 2 is 1.86 bits per heavy atom. The first-order valence-corrected chi connectivity index (χ1v) is 14.0. The number of carbonyl (C=O) groups is 2. The molecule has 0 saturated heterocycles. The molecular weight excluding hydrogens is 556 g/mol. The monoisotopic (exact) mass is 582 g/mol. The van der Waals surface area contributed by atoms with Crippen LogP contribution in [0.25, 0.3) is 10.2 Å². The Bertz CT molecular complexity index is 1790. The van der Waals surface area contributed by atoms with Crippen LogP contribution in [0.3, 0.4) is 0 Å². The molecular formula is C32H26N2O7S. The number of thiazole rings is 1. The van der Waals surface area contributed by atoms with Crippen LogP contribution in [-0.4, -0.2) is 35.5 Å². The SMILES string of the molecule is CCOc1ccc2nc(N3C(=O)C(O)=C(C(=O)c4ccco4)C3c3ccc(OCc4ccccc4)c(OC)c3)sc2c1. The van der Waals surface area contributed by atoms with E-state index in [2.05, 4.69) is 4.98 Å². The molecule has 1 unspecified atom stereocenters. The number of anilines is 1. The number of aliphatic hydroxyl groups is 1. The number of hydrogen-bond acceptors (Lipinski definition) is 9. The van der Waals surface area contributed by atoms with Gasteiger partial charge in [0.05, 0.1) is 41.8 Å². The Morgan fingerprint density at radius 3 is 2.60 bits per heavy atom. The largest absolute Gasteiger partial charge is 0.503 e. The van der Waals surface area contributed by atoms with Crippen molar-refractivity contribution >= 4 is 38.4 Å². The van der Waals surface area contributed by atoms with Crippen LogP contribution in [0.5, 0.6) is 17.2 Å². The number of amides is 1. The van der Waals surface area contributed by atoms with Crippen LogP contribution >= 0.6 is 11.3 Å². The third kappa shape index (κ3) is 4.97. The van der Waals surface area contributed by atoms with E-state index in [1.54, 1.807) is 36.4 Å². The molecule has 1 amide bonds. The van der Waals surface area contributed by atoms with Crippen LogP contribution in [-0.2, 0) is 11.4 Å². The van der Waals surface area contributed by atoms with Crippen LogP contribution in [0, 0.1) is 0 Å². The second kappa shape index (κ2) is 11.4. The third-order valence-electron chi connectivity index (χ3n) is 6.80. The molecule has 0 radical (unpaired) electrons. The summed E-state index contributed by atoms with van der Waals surface area (Å²) in [5.41, 5.74) is 2.03. The van der Waals surface area contributed by atoms with E-state index in [0.717, 1.165) is 10.3 Å². The molecule has 1 aliphatic rings. The minimum absolute atomic E-state index is 0.00312. The fraction of sp³-hybridized carbons (Fsp3) is 0.156. The van der Waals surface area contributed by atoms with Gasteiger partial charge in [0.2, 0.25) is 5.78 Å². The zero-order chi connectivity index (χ0) is 29.2. The molecule has 1 atom stereocenters. The highest BCUT2D eigenvalue weighted by molar-refractivity contribution is 7.22. The van der Waals surface area contributed by atoms with Crippen molar-refractivity contribution in [3.8, 4) is 17.2 Å². The maximum absolute atomic E-state index is 13.6. The summed E-state index contributed by atoms with van der Waals surface area (Å²) in [5.74, 6) is -0.469. The number of nitrogens with zero attached hydrogens (tertiary/aromatic N) is 2. The Kier molecular flexibility index (Phi) is 7.37. The molecule has 0 fully saturated rings. The average Bonchev–Trinajstić information content (AvgIpc) is 3.75. The summed E-state index contributed by atoms with van der Waals surface area (Å²) in [5, 5.41) is 11.4. The first kappa shape index (κ1) is 27.1. The minimum Gasteiger partial charge on any atom is -0.503 e. The molecule has 42 heavy (non-hydrogen) atoms. The summed E-state index contributed by atoms with van der Waals surface area (Å²) in [4.78, 5) is 33.2. The Labute approximate surface area is 245 Å². The number of Topliss-reactive ketones (excluding diaryl/α,β-unsaturated/α-hetero) is 1. The van der Waals surface area contributed by atoms with E-state index in [-0.39, 0.29) is 11.3 Å². The van der Waals surface area contributed by atoms with Gasteiger partial charge in [-0.15, -0.1) is 0 Å². The van der Waals surface area contributed by atoms with E-state index in [9.17, 15) is 14.7 Å². The van der Waals surface area contributed by atoms with Crippen LogP contribution in [0.2, 0.25) is 0 Å². The smallest absolute Gasteiger partial charge is 0.296 e. The summed E-state index contributed by atoms with van der Waals surface area (Å²) >= 11 is 1.25. The summed E-state index contributed by atoms with van der Waals surface area (Å²) in [6, 6.07) is 22.4. The Balaban J connectivity index is 1.42. The number of hydrogen-bond donors (Lipinski definition) is 1. The summed E-state index contributed by atoms with van der Waals surface area (Å²) < 4.78 is 23.4. The van der Waals surface area contributed by atoms with Gasteiger partial charge >= 0.3 is 0 Å². The number of rotatable bonds is 10. The van der Waals surface area contributed by atoms with Gasteiger partial charge in [0.15, 0.2) is 28.1 Å². The van der Waals surface area contributed by atoms with E-state index in [1.807, 2.05) is 43.3 Å². The highest BCUT2D eigenvalue weighted by Crippen LogP contribution is 2.46. The lowest BCUT2D eigenvalue weighted by molar-refractivity contribution is -0.117. The molecule has 2 aromatic heterocycles. The third-order valence-corrected chi connectivity index (χ3v) is 7.82. The lowest BCUT2D eigenvalue weighted by Crippen LogP contribution is -2.31. The van der Waals surface area contributed by atoms with Gasteiger partial charge in [-0.25, -0.2) is 4.98 Å². The number of aromatic nitrogens is 1. The predicted octanol–water partition coefficient (Wildman–Crippen LogP) is 6.66. The average molecular weight is 583 g/mol. The number of methoxy groups -OCH3 is 1. The molecule has 0 aliphatic carbocycles. The lowest BCUT2D eigenvalue weighted by Gasteiger charge is -2.25. The summed E-state index contributed by atoms with van der Waals surface area (Å²) in [6.07, 6.45) is 1.36. The molecule has 6 rings (SSSR count). The molecule has 10 heteroatoms. The van der Waals surface area contributed by atoms with Crippen molar-refractivity contribution in [1.82, 2.24) is 4.98 Å². The van der Waals surface area contributed by atoms with Crippen molar-refractivity contribution in [1.29, 1.82) is 0 Å². The van der Waals surface area contributed by atoms with Crippen LogP contribution in [0.15, 0.2) is 101 Å². The normalized spacial score (nSPS) is 15.0. The first-order chi connectivity index (χ1) is 20.5. The number of aliphatic hydroxyl groups excluding tert-OH is 1. The molecule has 0 bridgehead atoms. The minimum atomic E-state index is -1.01. The van der Waals surface area contributed by atoms with Gasteiger partial charge in [0.1, 0.15) is 12.4 Å². The van der Waals surface area contributed by atoms with Crippen molar-refractivity contribution in [2.45, 2.75) is 19.6 Å². The zero-order valence-corrected chi connectivity index (χ0v) is 23.6. The van der Waals surface area contributed by atoms with Crippen molar-refractivity contribution in [3.63, 3.8) is 0 Å². The molecule has 0 spiro atoms. The van der Waals surface area contributed by atoms with Crippen molar-refractivity contribution in [3.05, 3.63) is 113 Å². The lowest BCUT2D eigenvalue weighted by atomic mass is 9.95. The first-order valence-electron chi connectivity index (χ1n) is 13.2. The number of fused-ring (bicyclic) bond motifs is 1. The van der Waals surface area contributed by atoms with Gasteiger partial charge in [-0.1, -0.05) is 47.7 Å². The summed E-state index contributed by atoms with van der Waals surface area (Å²) in [6.45, 7) is 2.73. The van der Waals surface area contributed by atoms with Gasteiger partial charge in [0, 0.05) is 0 Å². The van der Waals surface area contributed by atoms with E-state index in [0.29, 0.717) is 46.7 Å². The van der Waals surface area contributed by atoms with Crippen molar-refractivity contribution in [2.75, 3.05) is 18.6 Å². The number of furan rings is 1. The number of ether oxygens (including phenoxy) is 3. The number of benzene rings is 3. The van der Waals surface area contributed by atoms with Gasteiger partial charge in [-0.2, -0.15) is 0 Å².